The van der Waals surface area contributed by atoms with Crippen molar-refractivity contribution in [2.24, 2.45) is 5.73 Å². The standard InChI is InChI=1S/C10H18N4O.2ClH/c1-8(7-14-6-4-5-12-14)13-9(15)10(2,3)11;;/h4-6,8H,7,11H2,1-3H3,(H,13,15);2*1H. The van der Waals surface area contributed by atoms with E-state index < -0.39 is 5.54 Å². The van der Waals surface area contributed by atoms with Gasteiger partial charge < -0.3 is 11.1 Å². The van der Waals surface area contributed by atoms with Crippen LogP contribution >= 0.6 is 24.8 Å². The van der Waals surface area contributed by atoms with Crippen LogP contribution in [0.3, 0.4) is 0 Å². The van der Waals surface area contributed by atoms with Gasteiger partial charge in [0.2, 0.25) is 5.91 Å². The van der Waals surface area contributed by atoms with E-state index in [2.05, 4.69) is 10.4 Å². The first-order chi connectivity index (χ1) is 6.89. The van der Waals surface area contributed by atoms with Crippen LogP contribution in [0.2, 0.25) is 0 Å². The number of nitrogens with one attached hydrogen (secondary N) is 1. The minimum atomic E-state index is -0.835. The fourth-order valence-corrected chi connectivity index (χ4v) is 1.14. The highest BCUT2D eigenvalue weighted by Crippen LogP contribution is 1.98. The van der Waals surface area contributed by atoms with E-state index >= 15 is 0 Å². The summed E-state index contributed by atoms with van der Waals surface area (Å²) in [6, 6.07) is 1.86. The SMILES string of the molecule is CC(Cn1cccn1)NC(=O)C(C)(C)N.Cl.Cl. The number of rotatable bonds is 4. The molecule has 0 bridgehead atoms. The molecule has 1 aromatic rings. The molecule has 1 heterocycles. The number of aromatic nitrogens is 2. The van der Waals surface area contributed by atoms with Crippen LogP contribution in [0.1, 0.15) is 20.8 Å². The van der Waals surface area contributed by atoms with Crippen molar-refractivity contribution < 1.29 is 4.79 Å². The highest BCUT2D eigenvalue weighted by atomic mass is 35.5. The number of carbonyl (C=O) groups is 1. The van der Waals surface area contributed by atoms with E-state index in [-0.39, 0.29) is 36.8 Å². The Hall–Kier alpha value is -0.780. The fourth-order valence-electron chi connectivity index (χ4n) is 1.14. The summed E-state index contributed by atoms with van der Waals surface area (Å²) in [4.78, 5) is 11.5. The number of nitrogens with zero attached hydrogens (tertiary/aromatic N) is 2. The van der Waals surface area contributed by atoms with Crippen LogP contribution in [-0.2, 0) is 11.3 Å². The van der Waals surface area contributed by atoms with Gasteiger partial charge in [-0.05, 0) is 26.8 Å². The third-order valence-corrected chi connectivity index (χ3v) is 1.98. The first kappa shape index (κ1) is 18.6. The van der Waals surface area contributed by atoms with Gasteiger partial charge in [0.15, 0.2) is 0 Å². The van der Waals surface area contributed by atoms with Crippen LogP contribution in [0.25, 0.3) is 0 Å². The minimum absolute atomic E-state index is 0. The zero-order valence-corrected chi connectivity index (χ0v) is 11.8. The molecular formula is C10H20Cl2N4O. The van der Waals surface area contributed by atoms with Crippen molar-refractivity contribution in [3.63, 3.8) is 0 Å². The Labute approximate surface area is 114 Å². The Morgan fingerprint density at radius 2 is 2.12 bits per heavy atom. The lowest BCUT2D eigenvalue weighted by molar-refractivity contribution is -0.125. The van der Waals surface area contributed by atoms with Crippen LogP contribution in [-0.4, -0.2) is 27.3 Å². The van der Waals surface area contributed by atoms with Crippen molar-refractivity contribution in [1.82, 2.24) is 15.1 Å². The second-order valence-corrected chi connectivity index (χ2v) is 4.32. The van der Waals surface area contributed by atoms with Crippen molar-refractivity contribution >= 4 is 30.7 Å². The second-order valence-electron chi connectivity index (χ2n) is 4.32. The van der Waals surface area contributed by atoms with Crippen molar-refractivity contribution in [3.05, 3.63) is 18.5 Å². The molecule has 7 heteroatoms. The van der Waals surface area contributed by atoms with Crippen LogP contribution in [0.15, 0.2) is 18.5 Å². The lowest BCUT2D eigenvalue weighted by Crippen LogP contribution is -2.52. The maximum Gasteiger partial charge on any atom is 0.239 e. The molecule has 0 aliphatic rings. The van der Waals surface area contributed by atoms with E-state index in [1.165, 1.54) is 0 Å². The van der Waals surface area contributed by atoms with E-state index in [4.69, 9.17) is 5.73 Å². The monoisotopic (exact) mass is 282 g/mol. The summed E-state index contributed by atoms with van der Waals surface area (Å²) in [6.07, 6.45) is 3.57. The molecule has 17 heavy (non-hydrogen) atoms. The minimum Gasteiger partial charge on any atom is -0.350 e. The van der Waals surface area contributed by atoms with Gasteiger partial charge in [0, 0.05) is 18.4 Å². The molecule has 1 rings (SSSR count). The number of carbonyl (C=O) groups excluding carboxylic acids is 1. The molecule has 0 fully saturated rings. The molecule has 1 atom stereocenters. The molecule has 3 N–H and O–H groups in total. The Kier molecular flexibility index (Phi) is 8.23. The molecule has 0 saturated carbocycles. The summed E-state index contributed by atoms with van der Waals surface area (Å²) >= 11 is 0. The predicted molar refractivity (Wildman–Crippen MR) is 72.6 cm³/mol. The second kappa shape index (κ2) is 7.53. The molecule has 0 saturated heterocycles. The maximum absolute atomic E-state index is 11.5. The summed E-state index contributed by atoms with van der Waals surface area (Å²) in [5, 5.41) is 6.89. The van der Waals surface area contributed by atoms with Gasteiger partial charge in [0.1, 0.15) is 0 Å². The van der Waals surface area contributed by atoms with Gasteiger partial charge in [0.05, 0.1) is 12.1 Å². The molecule has 0 spiro atoms. The van der Waals surface area contributed by atoms with Crippen molar-refractivity contribution in [3.8, 4) is 0 Å². The Morgan fingerprint density at radius 3 is 2.53 bits per heavy atom. The highest BCUT2D eigenvalue weighted by Gasteiger charge is 2.23. The van der Waals surface area contributed by atoms with E-state index in [1.807, 2.05) is 19.2 Å². The lowest BCUT2D eigenvalue weighted by Gasteiger charge is -2.21. The molecule has 100 valence electrons. The third-order valence-electron chi connectivity index (χ3n) is 1.98. The quantitative estimate of drug-likeness (QED) is 0.864. The maximum atomic E-state index is 11.5. The van der Waals surface area contributed by atoms with Crippen molar-refractivity contribution in [2.75, 3.05) is 0 Å². The van der Waals surface area contributed by atoms with Crippen LogP contribution in [0, 0.1) is 0 Å². The van der Waals surface area contributed by atoms with E-state index in [0.29, 0.717) is 6.54 Å². The average molecular weight is 283 g/mol. The first-order valence-corrected chi connectivity index (χ1v) is 4.97. The van der Waals surface area contributed by atoms with Gasteiger partial charge >= 0.3 is 0 Å². The summed E-state index contributed by atoms with van der Waals surface area (Å²) in [7, 11) is 0. The number of hydrogen-bond donors (Lipinski definition) is 2. The largest absolute Gasteiger partial charge is 0.350 e. The third kappa shape index (κ3) is 6.51. The van der Waals surface area contributed by atoms with Gasteiger partial charge in [-0.2, -0.15) is 5.10 Å². The van der Waals surface area contributed by atoms with E-state index in [0.717, 1.165) is 0 Å². The zero-order chi connectivity index (χ0) is 11.5. The molecule has 1 aromatic heterocycles. The summed E-state index contributed by atoms with van der Waals surface area (Å²) in [6.45, 7) is 5.94. The Balaban J connectivity index is 0. The molecule has 1 amide bonds. The van der Waals surface area contributed by atoms with E-state index in [1.54, 1.807) is 24.7 Å². The van der Waals surface area contributed by atoms with Crippen LogP contribution in [0.4, 0.5) is 0 Å². The van der Waals surface area contributed by atoms with Gasteiger partial charge in [0.25, 0.3) is 0 Å². The van der Waals surface area contributed by atoms with Crippen molar-refractivity contribution in [2.45, 2.75) is 38.9 Å². The fraction of sp³-hybridized carbons (Fsp3) is 0.600. The van der Waals surface area contributed by atoms with E-state index in [9.17, 15) is 4.79 Å². The average Bonchev–Trinajstić information content (AvgIpc) is 2.54. The topological polar surface area (TPSA) is 72.9 Å². The van der Waals surface area contributed by atoms with Gasteiger partial charge in [-0.25, -0.2) is 0 Å². The smallest absolute Gasteiger partial charge is 0.239 e. The number of nitrogens with two attached hydrogens (primary N) is 1. The normalized spacial score (nSPS) is 12.0. The molecule has 0 aliphatic carbocycles. The highest BCUT2D eigenvalue weighted by molar-refractivity contribution is 5.86. The van der Waals surface area contributed by atoms with Gasteiger partial charge in [-0.3, -0.25) is 9.48 Å². The molecular weight excluding hydrogens is 263 g/mol. The number of hydrogen-bond acceptors (Lipinski definition) is 3. The van der Waals surface area contributed by atoms with Gasteiger partial charge in [-0.1, -0.05) is 0 Å². The first-order valence-electron chi connectivity index (χ1n) is 4.97. The molecule has 1 unspecified atom stereocenters. The zero-order valence-electron chi connectivity index (χ0n) is 10.2. The summed E-state index contributed by atoms with van der Waals surface area (Å²) < 4.78 is 1.77. The molecule has 0 radical (unpaired) electrons. The Morgan fingerprint density at radius 1 is 1.53 bits per heavy atom. The summed E-state index contributed by atoms with van der Waals surface area (Å²) in [5.74, 6) is -0.151. The van der Waals surface area contributed by atoms with Crippen LogP contribution < -0.4 is 11.1 Å². The Bertz CT molecular complexity index is 322. The van der Waals surface area contributed by atoms with Gasteiger partial charge in [-0.15, -0.1) is 24.8 Å². The van der Waals surface area contributed by atoms with Crippen LogP contribution in [0.5, 0.6) is 0 Å². The summed E-state index contributed by atoms with van der Waals surface area (Å²) in [5.41, 5.74) is 4.83. The molecule has 0 aliphatic heterocycles. The predicted octanol–water partition coefficient (Wildman–Crippen LogP) is 0.969. The molecule has 5 nitrogen and oxygen atoms in total. The molecule has 0 aromatic carbocycles. The van der Waals surface area contributed by atoms with Crippen molar-refractivity contribution in [1.29, 1.82) is 0 Å². The lowest BCUT2D eigenvalue weighted by atomic mass is 10.1. The number of halogens is 2. The number of amides is 1.